The number of fused-ring (bicyclic) bond motifs is 1. The van der Waals surface area contributed by atoms with E-state index in [1.54, 1.807) is 0 Å². The summed E-state index contributed by atoms with van der Waals surface area (Å²) in [7, 11) is 0. The number of hydrogen-bond donors (Lipinski definition) is 1. The molecule has 19 heavy (non-hydrogen) atoms. The normalized spacial score (nSPS) is 16.8. The maximum absolute atomic E-state index is 5.67. The predicted octanol–water partition coefficient (Wildman–Crippen LogP) is 3.38. The van der Waals surface area contributed by atoms with Gasteiger partial charge in [-0.3, -0.25) is 0 Å². The van der Waals surface area contributed by atoms with E-state index in [1.165, 1.54) is 25.7 Å². The molecule has 2 aromatic heterocycles. The molecule has 0 spiro atoms. The van der Waals surface area contributed by atoms with Crippen LogP contribution in [-0.2, 0) is 6.54 Å². The lowest BCUT2D eigenvalue weighted by atomic mass is 10.2. The molecule has 1 N–H and O–H groups in total. The molecule has 0 aliphatic heterocycles. The molecule has 3 rings (SSSR count). The quantitative estimate of drug-likeness (QED) is 0.914. The van der Waals surface area contributed by atoms with E-state index in [-0.39, 0.29) is 0 Å². The third-order valence-corrected chi connectivity index (χ3v) is 3.75. The highest BCUT2D eigenvalue weighted by Gasteiger charge is 2.15. The van der Waals surface area contributed by atoms with E-state index in [4.69, 9.17) is 4.42 Å². The smallest absolute Gasteiger partial charge is 0.199 e. The predicted molar refractivity (Wildman–Crippen MR) is 75.0 cm³/mol. The van der Waals surface area contributed by atoms with Crippen LogP contribution in [0.5, 0.6) is 0 Å². The highest BCUT2D eigenvalue weighted by atomic mass is 16.3. The molecule has 0 amide bonds. The van der Waals surface area contributed by atoms with E-state index >= 15 is 0 Å². The first-order chi connectivity index (χ1) is 9.22. The molecule has 0 atom stereocenters. The van der Waals surface area contributed by atoms with Crippen molar-refractivity contribution in [2.75, 3.05) is 0 Å². The second-order valence-electron chi connectivity index (χ2n) is 5.69. The number of oxazole rings is 1. The second kappa shape index (κ2) is 5.29. The van der Waals surface area contributed by atoms with Crippen molar-refractivity contribution in [1.29, 1.82) is 0 Å². The van der Waals surface area contributed by atoms with Crippen LogP contribution in [0.15, 0.2) is 16.5 Å². The fourth-order valence-corrected chi connectivity index (χ4v) is 2.60. The molecule has 1 aliphatic rings. The second-order valence-corrected chi connectivity index (χ2v) is 5.69. The summed E-state index contributed by atoms with van der Waals surface area (Å²) >= 11 is 0. The van der Waals surface area contributed by atoms with Gasteiger partial charge in [0, 0.05) is 18.5 Å². The third-order valence-electron chi connectivity index (χ3n) is 3.75. The number of hydrogen-bond acceptors (Lipinski definition) is 4. The fourth-order valence-electron chi connectivity index (χ4n) is 2.60. The van der Waals surface area contributed by atoms with Gasteiger partial charge < -0.3 is 9.73 Å². The summed E-state index contributed by atoms with van der Waals surface area (Å²) in [6.07, 6.45) is 5.30. The Bertz CT molecular complexity index is 556. The van der Waals surface area contributed by atoms with Crippen molar-refractivity contribution in [2.24, 2.45) is 0 Å². The zero-order chi connectivity index (χ0) is 13.2. The van der Waals surface area contributed by atoms with Gasteiger partial charge in [-0.05, 0) is 25.0 Å². The van der Waals surface area contributed by atoms with E-state index in [9.17, 15) is 0 Å². The van der Waals surface area contributed by atoms with Crippen LogP contribution >= 0.6 is 0 Å². The highest BCUT2D eigenvalue weighted by Crippen LogP contribution is 2.21. The minimum atomic E-state index is 0.300. The Kier molecular flexibility index (Phi) is 3.51. The van der Waals surface area contributed by atoms with Crippen LogP contribution in [0.25, 0.3) is 11.2 Å². The zero-order valence-corrected chi connectivity index (χ0v) is 11.6. The van der Waals surface area contributed by atoms with Crippen molar-refractivity contribution in [2.45, 2.75) is 58.0 Å². The molecule has 4 nitrogen and oxygen atoms in total. The van der Waals surface area contributed by atoms with E-state index in [2.05, 4.69) is 29.1 Å². The summed E-state index contributed by atoms with van der Waals surface area (Å²) < 4.78 is 5.67. The molecule has 1 fully saturated rings. The molecule has 2 aromatic rings. The van der Waals surface area contributed by atoms with Crippen molar-refractivity contribution >= 4 is 11.2 Å². The first-order valence-corrected chi connectivity index (χ1v) is 7.22. The van der Waals surface area contributed by atoms with E-state index < -0.39 is 0 Å². The van der Waals surface area contributed by atoms with Gasteiger partial charge in [-0.15, -0.1) is 0 Å². The van der Waals surface area contributed by atoms with Crippen LogP contribution in [0.4, 0.5) is 0 Å². The van der Waals surface area contributed by atoms with Crippen molar-refractivity contribution < 1.29 is 4.42 Å². The highest BCUT2D eigenvalue weighted by molar-refractivity contribution is 5.67. The lowest BCUT2D eigenvalue weighted by Crippen LogP contribution is -2.25. The SMILES string of the molecule is CC(C)c1nc2nc(CNC3CCCC3)ccc2o1. The van der Waals surface area contributed by atoms with Crippen LogP contribution in [0, 0.1) is 0 Å². The molecule has 102 valence electrons. The number of aromatic nitrogens is 2. The summed E-state index contributed by atoms with van der Waals surface area (Å²) in [5, 5.41) is 3.57. The Labute approximate surface area is 113 Å². The number of rotatable bonds is 4. The van der Waals surface area contributed by atoms with Crippen LogP contribution in [0.1, 0.15) is 57.0 Å². The average Bonchev–Trinajstić information content (AvgIpc) is 3.04. The van der Waals surface area contributed by atoms with Gasteiger partial charge in [0.15, 0.2) is 17.1 Å². The van der Waals surface area contributed by atoms with Crippen molar-refractivity contribution in [3.8, 4) is 0 Å². The van der Waals surface area contributed by atoms with Gasteiger partial charge in [0.1, 0.15) is 0 Å². The maximum atomic E-state index is 5.67. The Hall–Kier alpha value is -1.42. The molecule has 0 saturated heterocycles. The van der Waals surface area contributed by atoms with Gasteiger partial charge in [0.2, 0.25) is 0 Å². The molecule has 0 unspecified atom stereocenters. The number of nitrogens with one attached hydrogen (secondary N) is 1. The first-order valence-electron chi connectivity index (χ1n) is 7.22. The van der Waals surface area contributed by atoms with Gasteiger partial charge in [-0.25, -0.2) is 4.98 Å². The Morgan fingerprint density at radius 1 is 1.26 bits per heavy atom. The van der Waals surface area contributed by atoms with Gasteiger partial charge in [0.25, 0.3) is 0 Å². The van der Waals surface area contributed by atoms with Crippen LogP contribution < -0.4 is 5.32 Å². The maximum Gasteiger partial charge on any atom is 0.199 e. The lowest BCUT2D eigenvalue weighted by molar-refractivity contribution is 0.501. The Morgan fingerprint density at radius 2 is 2.05 bits per heavy atom. The minimum absolute atomic E-state index is 0.300. The topological polar surface area (TPSA) is 51.0 Å². The molecule has 0 radical (unpaired) electrons. The van der Waals surface area contributed by atoms with Gasteiger partial charge >= 0.3 is 0 Å². The van der Waals surface area contributed by atoms with Gasteiger partial charge in [-0.2, -0.15) is 4.98 Å². The third kappa shape index (κ3) is 2.78. The summed E-state index contributed by atoms with van der Waals surface area (Å²) in [5.74, 6) is 1.07. The standard InChI is InChI=1S/C15H21N3O/c1-10(2)15-18-14-13(19-15)8-7-12(17-14)9-16-11-5-3-4-6-11/h7-8,10-11,16H,3-6,9H2,1-2H3. The van der Waals surface area contributed by atoms with Crippen molar-refractivity contribution in [3.05, 3.63) is 23.7 Å². The van der Waals surface area contributed by atoms with Crippen LogP contribution in [0.3, 0.4) is 0 Å². The summed E-state index contributed by atoms with van der Waals surface area (Å²) in [5.41, 5.74) is 2.56. The molecule has 0 bridgehead atoms. The van der Waals surface area contributed by atoms with E-state index in [0.29, 0.717) is 12.0 Å². The van der Waals surface area contributed by atoms with E-state index in [1.807, 2.05) is 12.1 Å². The van der Waals surface area contributed by atoms with Crippen molar-refractivity contribution in [1.82, 2.24) is 15.3 Å². The first kappa shape index (κ1) is 12.6. The average molecular weight is 259 g/mol. The van der Waals surface area contributed by atoms with Crippen molar-refractivity contribution in [3.63, 3.8) is 0 Å². The van der Waals surface area contributed by atoms with Gasteiger partial charge in [-0.1, -0.05) is 26.7 Å². The van der Waals surface area contributed by atoms with Gasteiger partial charge in [0.05, 0.1) is 5.69 Å². The number of pyridine rings is 1. The fraction of sp³-hybridized carbons (Fsp3) is 0.600. The Balaban J connectivity index is 1.73. The minimum Gasteiger partial charge on any atom is -0.439 e. The monoisotopic (exact) mass is 259 g/mol. The van der Waals surface area contributed by atoms with E-state index in [0.717, 1.165) is 29.4 Å². The number of nitrogens with zero attached hydrogens (tertiary/aromatic N) is 2. The molecule has 2 heterocycles. The molecule has 0 aromatic carbocycles. The molecule has 1 aliphatic carbocycles. The van der Waals surface area contributed by atoms with Crippen LogP contribution in [0.2, 0.25) is 0 Å². The molecular formula is C15H21N3O. The summed E-state index contributed by atoms with van der Waals surface area (Å²) in [6.45, 7) is 4.98. The lowest BCUT2D eigenvalue weighted by Gasteiger charge is -2.10. The Morgan fingerprint density at radius 3 is 2.79 bits per heavy atom. The molecule has 1 saturated carbocycles. The summed E-state index contributed by atoms with van der Waals surface area (Å²) in [4.78, 5) is 9.02. The molecular weight excluding hydrogens is 238 g/mol. The molecule has 4 heteroatoms. The zero-order valence-electron chi connectivity index (χ0n) is 11.6. The summed E-state index contributed by atoms with van der Waals surface area (Å²) in [6, 6.07) is 4.67. The van der Waals surface area contributed by atoms with Crippen LogP contribution in [-0.4, -0.2) is 16.0 Å². The largest absolute Gasteiger partial charge is 0.439 e.